The maximum Gasteiger partial charge on any atom is 0.161 e. The van der Waals surface area contributed by atoms with E-state index in [-0.39, 0.29) is 0 Å². The molecule has 8 heteroatoms. The van der Waals surface area contributed by atoms with Crippen LogP contribution in [0, 0.1) is 0 Å². The Morgan fingerprint density at radius 2 is 1.76 bits per heavy atom. The highest BCUT2D eigenvalue weighted by Crippen LogP contribution is 2.31. The van der Waals surface area contributed by atoms with Gasteiger partial charge < -0.3 is 14.5 Å². The van der Waals surface area contributed by atoms with Crippen LogP contribution >= 0.6 is 11.8 Å². The zero-order valence-electron chi connectivity index (χ0n) is 14.3. The highest BCUT2D eigenvalue weighted by atomic mass is 32.2. The van der Waals surface area contributed by atoms with Crippen LogP contribution in [0.4, 0.5) is 11.5 Å². The number of aromatic nitrogens is 4. The first-order chi connectivity index (χ1) is 12.3. The number of methoxy groups -OCH3 is 1. The molecule has 7 nitrogen and oxygen atoms in total. The molecule has 4 rings (SSSR count). The van der Waals surface area contributed by atoms with Gasteiger partial charge in [0.25, 0.3) is 0 Å². The molecular formula is C17H20N6OS. The molecule has 0 radical (unpaired) electrons. The number of benzene rings is 1. The van der Waals surface area contributed by atoms with Crippen molar-refractivity contribution in [1.82, 2.24) is 20.2 Å². The minimum atomic E-state index is 0.798. The molecule has 1 saturated heterocycles. The minimum absolute atomic E-state index is 0.798. The van der Waals surface area contributed by atoms with E-state index in [1.165, 1.54) is 5.69 Å². The summed E-state index contributed by atoms with van der Waals surface area (Å²) in [6, 6.07) is 8.23. The summed E-state index contributed by atoms with van der Waals surface area (Å²) >= 11 is 1.61. The van der Waals surface area contributed by atoms with Crippen molar-refractivity contribution >= 4 is 34.3 Å². The van der Waals surface area contributed by atoms with Gasteiger partial charge in [0.05, 0.1) is 12.5 Å². The molecule has 0 aliphatic carbocycles. The number of rotatable bonds is 4. The monoisotopic (exact) mass is 356 g/mol. The number of anilines is 2. The van der Waals surface area contributed by atoms with Crippen molar-refractivity contribution in [3.63, 3.8) is 0 Å². The molecule has 3 aromatic rings. The van der Waals surface area contributed by atoms with E-state index >= 15 is 0 Å². The Balaban J connectivity index is 1.53. The number of ether oxygens (including phenoxy) is 1. The number of thioether (sulfide) groups is 1. The smallest absolute Gasteiger partial charge is 0.161 e. The number of piperazine rings is 1. The van der Waals surface area contributed by atoms with Crippen molar-refractivity contribution in [3.8, 4) is 5.75 Å². The van der Waals surface area contributed by atoms with Gasteiger partial charge in [-0.05, 0) is 30.5 Å². The highest BCUT2D eigenvalue weighted by Gasteiger charge is 2.22. The quantitative estimate of drug-likeness (QED) is 0.720. The standard InChI is InChI=1S/C17H20N6OS/c1-24-13-5-3-12(4-6-13)22-7-9-23(10-8-22)16-14-15(18-11-19-16)20-21-17(14)25-2/h3-6,11H,7-10H2,1-2H3,(H,18,19,20,21). The number of aromatic amines is 1. The van der Waals surface area contributed by atoms with Crippen molar-refractivity contribution in [2.24, 2.45) is 0 Å². The van der Waals surface area contributed by atoms with E-state index in [9.17, 15) is 0 Å². The molecular weight excluding hydrogens is 336 g/mol. The first-order valence-electron chi connectivity index (χ1n) is 8.17. The van der Waals surface area contributed by atoms with Crippen LogP contribution in [0.2, 0.25) is 0 Å². The van der Waals surface area contributed by atoms with Gasteiger partial charge in [-0.25, -0.2) is 9.97 Å². The maximum absolute atomic E-state index is 5.23. The molecule has 1 aliphatic rings. The van der Waals surface area contributed by atoms with E-state index in [0.29, 0.717) is 0 Å². The summed E-state index contributed by atoms with van der Waals surface area (Å²) < 4.78 is 5.23. The zero-order chi connectivity index (χ0) is 17.2. The number of H-pyrrole nitrogens is 1. The molecule has 25 heavy (non-hydrogen) atoms. The highest BCUT2D eigenvalue weighted by molar-refractivity contribution is 7.98. The largest absolute Gasteiger partial charge is 0.497 e. The summed E-state index contributed by atoms with van der Waals surface area (Å²) in [5, 5.41) is 9.30. The summed E-state index contributed by atoms with van der Waals surface area (Å²) in [6.45, 7) is 3.73. The normalized spacial score (nSPS) is 15.0. The molecule has 0 saturated carbocycles. The summed E-state index contributed by atoms with van der Waals surface area (Å²) in [6.07, 6.45) is 3.63. The van der Waals surface area contributed by atoms with E-state index < -0.39 is 0 Å². The Kier molecular flexibility index (Phi) is 4.35. The van der Waals surface area contributed by atoms with Crippen LogP contribution in [0.1, 0.15) is 0 Å². The SMILES string of the molecule is COc1ccc(N2CCN(c3ncnc4[nH]nc(SC)c34)CC2)cc1. The van der Waals surface area contributed by atoms with Crippen LogP contribution < -0.4 is 14.5 Å². The maximum atomic E-state index is 5.23. The van der Waals surface area contributed by atoms with Crippen molar-refractivity contribution in [1.29, 1.82) is 0 Å². The molecule has 2 aromatic heterocycles. The van der Waals surface area contributed by atoms with E-state index in [2.05, 4.69) is 42.1 Å². The Morgan fingerprint density at radius 3 is 2.44 bits per heavy atom. The van der Waals surface area contributed by atoms with Gasteiger partial charge in [0, 0.05) is 31.9 Å². The van der Waals surface area contributed by atoms with E-state index in [0.717, 1.165) is 53.8 Å². The van der Waals surface area contributed by atoms with Crippen LogP contribution in [0.15, 0.2) is 35.6 Å². The molecule has 0 unspecified atom stereocenters. The minimum Gasteiger partial charge on any atom is -0.497 e. The lowest BCUT2D eigenvalue weighted by Crippen LogP contribution is -2.46. The fraction of sp³-hybridized carbons (Fsp3) is 0.353. The van der Waals surface area contributed by atoms with Crippen LogP contribution in [-0.2, 0) is 0 Å². The number of nitrogens with zero attached hydrogens (tertiary/aromatic N) is 5. The third kappa shape index (κ3) is 2.97. The molecule has 0 bridgehead atoms. The fourth-order valence-corrected chi connectivity index (χ4v) is 3.70. The van der Waals surface area contributed by atoms with Gasteiger partial charge >= 0.3 is 0 Å². The average Bonchev–Trinajstić information content (AvgIpc) is 3.11. The van der Waals surface area contributed by atoms with Gasteiger partial charge in [0.2, 0.25) is 0 Å². The topological polar surface area (TPSA) is 70.2 Å². The van der Waals surface area contributed by atoms with Crippen molar-refractivity contribution < 1.29 is 4.74 Å². The molecule has 130 valence electrons. The second-order valence-corrected chi connectivity index (χ2v) is 6.62. The molecule has 0 amide bonds. The Bertz CT molecular complexity index is 857. The number of nitrogens with one attached hydrogen (secondary N) is 1. The number of hydrogen-bond donors (Lipinski definition) is 1. The molecule has 1 aromatic carbocycles. The van der Waals surface area contributed by atoms with Crippen LogP contribution in [-0.4, -0.2) is 59.7 Å². The summed E-state index contributed by atoms with van der Waals surface area (Å²) in [5.74, 6) is 1.85. The third-order valence-electron chi connectivity index (χ3n) is 4.51. The lowest BCUT2D eigenvalue weighted by molar-refractivity contribution is 0.415. The predicted molar refractivity (Wildman–Crippen MR) is 101 cm³/mol. The zero-order valence-corrected chi connectivity index (χ0v) is 15.1. The van der Waals surface area contributed by atoms with E-state index in [4.69, 9.17) is 4.74 Å². The molecule has 0 spiro atoms. The first-order valence-corrected chi connectivity index (χ1v) is 9.39. The Morgan fingerprint density at radius 1 is 1.04 bits per heavy atom. The number of fused-ring (bicyclic) bond motifs is 1. The predicted octanol–water partition coefficient (Wildman–Crippen LogP) is 2.41. The first kappa shape index (κ1) is 16.0. The van der Waals surface area contributed by atoms with Crippen LogP contribution in [0.3, 0.4) is 0 Å². The van der Waals surface area contributed by atoms with Gasteiger partial charge in [-0.15, -0.1) is 11.8 Å². The van der Waals surface area contributed by atoms with Gasteiger partial charge in [-0.3, -0.25) is 5.10 Å². The summed E-state index contributed by atoms with van der Waals surface area (Å²) in [7, 11) is 1.69. The third-order valence-corrected chi connectivity index (χ3v) is 5.20. The molecule has 3 heterocycles. The molecule has 1 fully saturated rings. The van der Waals surface area contributed by atoms with E-state index in [1.54, 1.807) is 25.2 Å². The second kappa shape index (κ2) is 6.79. The Labute approximate surface area is 150 Å². The van der Waals surface area contributed by atoms with Crippen molar-refractivity contribution in [2.45, 2.75) is 5.03 Å². The molecule has 1 aliphatic heterocycles. The molecule has 1 N–H and O–H groups in total. The summed E-state index contributed by atoms with van der Waals surface area (Å²) in [4.78, 5) is 13.5. The molecule has 0 atom stereocenters. The lowest BCUT2D eigenvalue weighted by atomic mass is 10.2. The van der Waals surface area contributed by atoms with Crippen LogP contribution in [0.5, 0.6) is 5.75 Å². The van der Waals surface area contributed by atoms with Gasteiger partial charge in [-0.1, -0.05) is 0 Å². The van der Waals surface area contributed by atoms with Gasteiger partial charge in [0.1, 0.15) is 22.9 Å². The Hall–Kier alpha value is -2.48. The van der Waals surface area contributed by atoms with Crippen LogP contribution in [0.25, 0.3) is 11.0 Å². The number of hydrogen-bond acceptors (Lipinski definition) is 7. The van der Waals surface area contributed by atoms with Gasteiger partial charge in [0.15, 0.2) is 5.65 Å². The lowest BCUT2D eigenvalue weighted by Gasteiger charge is -2.37. The van der Waals surface area contributed by atoms with E-state index in [1.807, 2.05) is 18.4 Å². The fourth-order valence-electron chi connectivity index (χ4n) is 3.17. The van der Waals surface area contributed by atoms with Crippen molar-refractivity contribution in [3.05, 3.63) is 30.6 Å². The van der Waals surface area contributed by atoms with Crippen molar-refractivity contribution in [2.75, 3.05) is 49.3 Å². The van der Waals surface area contributed by atoms with Gasteiger partial charge in [-0.2, -0.15) is 5.10 Å². The summed E-state index contributed by atoms with van der Waals surface area (Å²) in [5.41, 5.74) is 2.02. The average molecular weight is 356 g/mol. The second-order valence-electron chi connectivity index (χ2n) is 5.83.